The third-order valence-corrected chi connectivity index (χ3v) is 20.6. The van der Waals surface area contributed by atoms with Crippen molar-refractivity contribution in [1.82, 2.24) is 0 Å². The van der Waals surface area contributed by atoms with Crippen molar-refractivity contribution in [1.29, 1.82) is 0 Å². The molecule has 0 rings (SSSR count). The standard InChI is InChI=1S/C101H164O16P2/c1-4-7-10-13-16-19-22-25-28-31-34-37-40-43-44-45-46-47-48-49-50-53-55-57-60-63-66-69-72-75-78-81-84-87-99(104)111-90-96(102)91-113-118(107,108)114-92-97(103)93-115-119(109,110)116-95-98(117-101(106)89-86-83-80-77-74-71-68-65-62-59-56-52-42-39-36-33-30-27-24-21-18-15-12-9-6-3)94-112-100(105)88-85-82-79-76-73-70-67-64-61-58-54-51-41-38-35-32-29-26-23-20-17-14-11-8-5-2/h7-12,16-21,25-30,34-39,43-44,46-47,51-52,54,56,61-62,64-65,96-98,102-103H,4-6,13-15,22-24,31-33,40-42,45,48-50,53,55,57-60,63,66-95H2,1-3H3,(H,107,108)(H,109,110)/b10-7-,11-8-,12-9-,19-16-,20-17-,21-18-,28-25-,29-26-,30-27-,37-34-,38-35-,39-36-,44-43-,47-46-,54-51-,56-52-,64-61-,65-62-. The van der Waals surface area contributed by atoms with E-state index in [9.17, 15) is 43.5 Å². The summed E-state index contributed by atoms with van der Waals surface area (Å²) in [6.45, 7) is 2.31. The van der Waals surface area contributed by atoms with Crippen molar-refractivity contribution >= 4 is 33.6 Å². The summed E-state index contributed by atoms with van der Waals surface area (Å²) in [5.74, 6) is -1.62. The van der Waals surface area contributed by atoms with E-state index in [1.807, 2.05) is 0 Å². The monoisotopic (exact) mass is 1700 g/mol. The molecule has 119 heavy (non-hydrogen) atoms. The van der Waals surface area contributed by atoms with Gasteiger partial charge < -0.3 is 34.2 Å². The van der Waals surface area contributed by atoms with E-state index < -0.39 is 91.5 Å². The van der Waals surface area contributed by atoms with Crippen LogP contribution in [0.4, 0.5) is 0 Å². The fraction of sp³-hybridized carbons (Fsp3) is 0.614. The van der Waals surface area contributed by atoms with Gasteiger partial charge in [-0.05, 0) is 173 Å². The summed E-state index contributed by atoms with van der Waals surface area (Å²) >= 11 is 0. The van der Waals surface area contributed by atoms with Crippen molar-refractivity contribution in [3.05, 3.63) is 219 Å². The first-order chi connectivity index (χ1) is 58.2. The lowest BCUT2D eigenvalue weighted by atomic mass is 10.0. The first kappa shape index (κ1) is 113. The molecule has 0 bridgehead atoms. The second-order valence-electron chi connectivity index (χ2n) is 30.0. The smallest absolute Gasteiger partial charge is 0.463 e. The molecule has 674 valence electrons. The predicted molar refractivity (Wildman–Crippen MR) is 500 cm³/mol. The van der Waals surface area contributed by atoms with Crippen molar-refractivity contribution in [2.45, 2.75) is 360 Å². The molecule has 0 saturated heterocycles. The number of carbonyl (C=O) groups excluding carboxylic acids is 3. The molecule has 0 aromatic rings. The number of esters is 3. The van der Waals surface area contributed by atoms with E-state index in [2.05, 4.69) is 240 Å². The van der Waals surface area contributed by atoms with Gasteiger partial charge in [0.1, 0.15) is 25.4 Å². The van der Waals surface area contributed by atoms with E-state index in [0.29, 0.717) is 19.3 Å². The van der Waals surface area contributed by atoms with Crippen LogP contribution in [0.3, 0.4) is 0 Å². The molecule has 4 N–H and O–H groups in total. The molecular formula is C101H164O16P2. The zero-order chi connectivity index (χ0) is 86.5. The lowest BCUT2D eigenvalue weighted by Gasteiger charge is -2.21. The van der Waals surface area contributed by atoms with Gasteiger partial charge in [-0.15, -0.1) is 0 Å². The van der Waals surface area contributed by atoms with E-state index in [-0.39, 0.29) is 19.3 Å². The Bertz CT molecular complexity index is 3040. The number of rotatable bonds is 85. The minimum atomic E-state index is -4.96. The molecule has 0 aromatic heterocycles. The highest BCUT2D eigenvalue weighted by Crippen LogP contribution is 2.45. The van der Waals surface area contributed by atoms with Gasteiger partial charge in [0.05, 0.1) is 26.4 Å². The summed E-state index contributed by atoms with van der Waals surface area (Å²) in [7, 11) is -9.83. The van der Waals surface area contributed by atoms with Crippen molar-refractivity contribution in [2.75, 3.05) is 39.6 Å². The van der Waals surface area contributed by atoms with E-state index in [0.717, 1.165) is 218 Å². The van der Waals surface area contributed by atoms with Crippen molar-refractivity contribution < 1.29 is 75.8 Å². The summed E-state index contributed by atoms with van der Waals surface area (Å²) in [6, 6.07) is 0. The maximum Gasteiger partial charge on any atom is 0.472 e. The fourth-order valence-electron chi connectivity index (χ4n) is 11.8. The van der Waals surface area contributed by atoms with Gasteiger partial charge in [0, 0.05) is 19.3 Å². The van der Waals surface area contributed by atoms with Gasteiger partial charge >= 0.3 is 33.6 Å². The number of allylic oxidation sites excluding steroid dienone is 36. The average molecular weight is 1700 g/mol. The second kappa shape index (κ2) is 91.1. The topological polar surface area (TPSA) is 231 Å². The molecule has 0 aliphatic rings. The molecule has 0 saturated carbocycles. The molecule has 0 heterocycles. The minimum Gasteiger partial charge on any atom is -0.463 e. The van der Waals surface area contributed by atoms with Crippen LogP contribution in [0.25, 0.3) is 0 Å². The summed E-state index contributed by atoms with van der Waals surface area (Å²) in [5.41, 5.74) is 0. The number of phosphoric ester groups is 2. The van der Waals surface area contributed by atoms with E-state index in [1.54, 1.807) is 0 Å². The summed E-state index contributed by atoms with van der Waals surface area (Å²) < 4.78 is 61.5. The largest absolute Gasteiger partial charge is 0.472 e. The lowest BCUT2D eigenvalue weighted by molar-refractivity contribution is -0.161. The van der Waals surface area contributed by atoms with Crippen LogP contribution >= 0.6 is 15.6 Å². The number of hydrogen-bond acceptors (Lipinski definition) is 14. The molecule has 0 aliphatic heterocycles. The summed E-state index contributed by atoms with van der Waals surface area (Å²) in [4.78, 5) is 59.0. The molecule has 0 fully saturated rings. The Morgan fingerprint density at radius 2 is 0.420 bits per heavy atom. The maximum absolute atomic E-state index is 13.1. The maximum atomic E-state index is 13.1. The Morgan fingerprint density at radius 1 is 0.235 bits per heavy atom. The minimum absolute atomic E-state index is 0.0747. The van der Waals surface area contributed by atoms with Gasteiger partial charge in [0.2, 0.25) is 0 Å². The lowest BCUT2D eigenvalue weighted by Crippen LogP contribution is -2.30. The zero-order valence-corrected chi connectivity index (χ0v) is 76.0. The average Bonchev–Trinajstić information content (AvgIpc) is 0.902. The molecule has 0 spiro atoms. The van der Waals surface area contributed by atoms with Gasteiger partial charge in [-0.25, -0.2) is 9.13 Å². The molecule has 0 aromatic carbocycles. The van der Waals surface area contributed by atoms with Crippen LogP contribution in [0.2, 0.25) is 0 Å². The number of aliphatic hydroxyl groups excluding tert-OH is 2. The SMILES string of the molecule is CC/C=C\C/C=C\C/C=C\C/C=C\C/C=C\C/C=C\CCCCCCCCCCCCCCCCC(=O)OCC(O)COP(=O)(O)OCC(O)COP(=O)(O)OCC(COC(=O)CCCCCCCC/C=C\C/C=C\C/C=C\C/C=C\C/C=C\C/C=C\CC)OC(=O)CCCCCCCC/C=C\C/C=C\C/C=C\C/C=C\C/C=C\C/C=C\CC. The molecule has 18 heteroatoms. The highest BCUT2D eigenvalue weighted by Gasteiger charge is 2.29. The van der Waals surface area contributed by atoms with Gasteiger partial charge in [0.15, 0.2) is 6.10 Å². The third kappa shape index (κ3) is 92.4. The fourth-order valence-corrected chi connectivity index (χ4v) is 13.4. The Hall–Kier alpha value is -6.13. The predicted octanol–water partition coefficient (Wildman–Crippen LogP) is 28.5. The number of ether oxygens (including phenoxy) is 3. The quantitative estimate of drug-likeness (QED) is 0.0146. The Balaban J connectivity index is 4.66. The number of aliphatic hydroxyl groups is 2. The van der Waals surface area contributed by atoms with Crippen LogP contribution < -0.4 is 0 Å². The normalized spacial score (nSPS) is 14.8. The second-order valence-corrected chi connectivity index (χ2v) is 32.9. The Kier molecular flexibility index (Phi) is 86.4. The third-order valence-electron chi connectivity index (χ3n) is 18.7. The molecule has 5 atom stereocenters. The summed E-state index contributed by atoms with van der Waals surface area (Å²) in [6.07, 6.45) is 124. The Morgan fingerprint density at radius 3 is 0.664 bits per heavy atom. The van der Waals surface area contributed by atoms with Crippen LogP contribution in [0.1, 0.15) is 342 Å². The first-order valence-corrected chi connectivity index (χ1v) is 49.0. The van der Waals surface area contributed by atoms with Gasteiger partial charge in [-0.1, -0.05) is 368 Å². The van der Waals surface area contributed by atoms with Gasteiger partial charge in [-0.2, -0.15) is 0 Å². The molecule has 16 nitrogen and oxygen atoms in total. The van der Waals surface area contributed by atoms with Gasteiger partial charge in [-0.3, -0.25) is 32.5 Å². The molecule has 0 aliphatic carbocycles. The van der Waals surface area contributed by atoms with Crippen molar-refractivity contribution in [3.63, 3.8) is 0 Å². The Labute approximate surface area is 723 Å². The number of hydrogen-bond donors (Lipinski definition) is 4. The van der Waals surface area contributed by atoms with Crippen molar-refractivity contribution in [3.8, 4) is 0 Å². The van der Waals surface area contributed by atoms with Crippen LogP contribution in [-0.4, -0.2) is 95.9 Å². The zero-order valence-electron chi connectivity index (χ0n) is 74.2. The highest BCUT2D eigenvalue weighted by molar-refractivity contribution is 7.47. The number of carbonyl (C=O) groups is 3. The highest BCUT2D eigenvalue weighted by atomic mass is 31.2. The molecule has 0 amide bonds. The van der Waals surface area contributed by atoms with E-state index in [4.69, 9.17) is 32.3 Å². The van der Waals surface area contributed by atoms with Crippen LogP contribution in [0.15, 0.2) is 219 Å². The first-order valence-electron chi connectivity index (χ1n) is 46.0. The summed E-state index contributed by atoms with van der Waals surface area (Å²) in [5, 5.41) is 20.7. The van der Waals surface area contributed by atoms with E-state index in [1.165, 1.54) is 64.2 Å². The number of phosphoric acid groups is 2. The van der Waals surface area contributed by atoms with Crippen LogP contribution in [-0.2, 0) is 55.8 Å². The van der Waals surface area contributed by atoms with Crippen LogP contribution in [0.5, 0.6) is 0 Å². The number of unbranched alkanes of at least 4 members (excludes halogenated alkanes) is 26. The molecular weight excluding hydrogens is 1530 g/mol. The molecule has 0 radical (unpaired) electrons. The van der Waals surface area contributed by atoms with Crippen molar-refractivity contribution in [2.24, 2.45) is 0 Å². The van der Waals surface area contributed by atoms with Gasteiger partial charge in [0.25, 0.3) is 0 Å². The molecule has 5 unspecified atom stereocenters. The van der Waals surface area contributed by atoms with E-state index >= 15 is 0 Å². The van der Waals surface area contributed by atoms with Crippen LogP contribution in [0, 0.1) is 0 Å².